The lowest BCUT2D eigenvalue weighted by molar-refractivity contribution is -0.142. The number of hydrogen-bond donors (Lipinski definition) is 2. The minimum Gasteiger partial charge on any atom is -0.481 e. The molecule has 104 valence electrons. The molecule has 0 aliphatic heterocycles. The SMILES string of the molecule is C[C@@H](NC1CCC(C(=O)O)CC1)c1ccccc1Cl. The molecule has 0 amide bonds. The second-order valence-corrected chi connectivity index (χ2v) is 5.70. The second-order valence-electron chi connectivity index (χ2n) is 5.30. The monoisotopic (exact) mass is 281 g/mol. The van der Waals surface area contributed by atoms with Crippen molar-refractivity contribution in [3.05, 3.63) is 34.9 Å². The van der Waals surface area contributed by atoms with Gasteiger partial charge in [-0.3, -0.25) is 4.79 Å². The van der Waals surface area contributed by atoms with Gasteiger partial charge < -0.3 is 10.4 Å². The van der Waals surface area contributed by atoms with E-state index in [9.17, 15) is 4.79 Å². The number of benzene rings is 1. The first-order chi connectivity index (χ1) is 9.08. The number of carbonyl (C=O) groups is 1. The summed E-state index contributed by atoms with van der Waals surface area (Å²) in [5, 5.41) is 13.3. The van der Waals surface area contributed by atoms with Crippen LogP contribution in [-0.2, 0) is 4.79 Å². The van der Waals surface area contributed by atoms with Gasteiger partial charge in [0.05, 0.1) is 5.92 Å². The van der Waals surface area contributed by atoms with Gasteiger partial charge in [-0.25, -0.2) is 0 Å². The topological polar surface area (TPSA) is 49.3 Å². The van der Waals surface area contributed by atoms with Crippen LogP contribution in [0.25, 0.3) is 0 Å². The van der Waals surface area contributed by atoms with Crippen LogP contribution < -0.4 is 5.32 Å². The highest BCUT2D eigenvalue weighted by molar-refractivity contribution is 6.31. The Hall–Kier alpha value is -1.06. The standard InChI is InChI=1S/C15H20ClNO2/c1-10(13-4-2-3-5-14(13)16)17-12-8-6-11(7-9-12)15(18)19/h2-5,10-12,17H,6-9H2,1H3,(H,18,19)/t10-,11?,12?/m1/s1. The maximum Gasteiger partial charge on any atom is 0.306 e. The average molecular weight is 282 g/mol. The molecule has 0 spiro atoms. The van der Waals surface area contributed by atoms with Crippen LogP contribution in [0.2, 0.25) is 5.02 Å². The first-order valence-corrected chi connectivity index (χ1v) is 7.19. The van der Waals surface area contributed by atoms with E-state index in [2.05, 4.69) is 12.2 Å². The largest absolute Gasteiger partial charge is 0.481 e. The molecule has 1 aromatic rings. The fourth-order valence-electron chi connectivity index (χ4n) is 2.78. The predicted molar refractivity (Wildman–Crippen MR) is 76.4 cm³/mol. The van der Waals surface area contributed by atoms with Crippen LogP contribution in [0.1, 0.15) is 44.2 Å². The van der Waals surface area contributed by atoms with Gasteiger partial charge in [-0.2, -0.15) is 0 Å². The Morgan fingerprint density at radius 2 is 1.95 bits per heavy atom. The van der Waals surface area contributed by atoms with E-state index in [0.29, 0.717) is 6.04 Å². The molecule has 0 aromatic heterocycles. The minimum atomic E-state index is -0.655. The fraction of sp³-hybridized carbons (Fsp3) is 0.533. The number of rotatable bonds is 4. The molecule has 3 nitrogen and oxygen atoms in total. The molecule has 2 N–H and O–H groups in total. The van der Waals surface area contributed by atoms with E-state index in [-0.39, 0.29) is 12.0 Å². The van der Waals surface area contributed by atoms with Gasteiger partial charge in [0, 0.05) is 17.1 Å². The van der Waals surface area contributed by atoms with Crippen LogP contribution >= 0.6 is 11.6 Å². The number of halogens is 1. The van der Waals surface area contributed by atoms with Gasteiger partial charge in [0.1, 0.15) is 0 Å². The van der Waals surface area contributed by atoms with Crippen molar-refractivity contribution in [1.82, 2.24) is 5.32 Å². The third kappa shape index (κ3) is 3.71. The maximum absolute atomic E-state index is 10.9. The normalized spacial score (nSPS) is 24.9. The van der Waals surface area contributed by atoms with E-state index in [1.807, 2.05) is 24.3 Å². The molecule has 0 unspecified atom stereocenters. The molecular weight excluding hydrogens is 262 g/mol. The molecule has 0 radical (unpaired) electrons. The fourth-order valence-corrected chi connectivity index (χ4v) is 3.08. The van der Waals surface area contributed by atoms with Crippen molar-refractivity contribution in [3.8, 4) is 0 Å². The molecule has 0 heterocycles. The van der Waals surface area contributed by atoms with Gasteiger partial charge in [-0.05, 0) is 44.2 Å². The zero-order valence-corrected chi connectivity index (χ0v) is 11.9. The second kappa shape index (κ2) is 6.40. The summed E-state index contributed by atoms with van der Waals surface area (Å²) in [6.45, 7) is 2.10. The zero-order valence-electron chi connectivity index (χ0n) is 11.1. The first-order valence-electron chi connectivity index (χ1n) is 6.81. The molecule has 0 bridgehead atoms. The molecule has 19 heavy (non-hydrogen) atoms. The summed E-state index contributed by atoms with van der Waals surface area (Å²) in [5.41, 5.74) is 1.10. The van der Waals surface area contributed by atoms with E-state index < -0.39 is 5.97 Å². The summed E-state index contributed by atoms with van der Waals surface area (Å²) in [5.74, 6) is -0.814. The molecule has 1 fully saturated rings. The Kier molecular flexibility index (Phi) is 4.83. The van der Waals surface area contributed by atoms with Crippen LogP contribution in [0.3, 0.4) is 0 Å². The zero-order chi connectivity index (χ0) is 13.8. The van der Waals surface area contributed by atoms with E-state index in [0.717, 1.165) is 36.3 Å². The molecule has 0 saturated heterocycles. The summed E-state index contributed by atoms with van der Waals surface area (Å²) in [7, 11) is 0. The summed E-state index contributed by atoms with van der Waals surface area (Å²) in [4.78, 5) is 10.9. The highest BCUT2D eigenvalue weighted by Crippen LogP contribution is 2.28. The smallest absolute Gasteiger partial charge is 0.306 e. The Labute approximate surface area is 119 Å². The van der Waals surface area contributed by atoms with Crippen LogP contribution in [-0.4, -0.2) is 17.1 Å². The Bertz CT molecular complexity index is 442. The van der Waals surface area contributed by atoms with Gasteiger partial charge in [-0.1, -0.05) is 29.8 Å². The van der Waals surface area contributed by atoms with Gasteiger partial charge >= 0.3 is 5.97 Å². The quantitative estimate of drug-likeness (QED) is 0.886. The Balaban J connectivity index is 1.89. The lowest BCUT2D eigenvalue weighted by Crippen LogP contribution is -2.36. The molecule has 1 saturated carbocycles. The average Bonchev–Trinajstić information content (AvgIpc) is 2.39. The number of aliphatic carboxylic acids is 1. The molecule has 1 aromatic carbocycles. The molecule has 1 atom stereocenters. The lowest BCUT2D eigenvalue weighted by atomic mass is 9.85. The maximum atomic E-state index is 10.9. The Morgan fingerprint density at radius 3 is 2.53 bits per heavy atom. The lowest BCUT2D eigenvalue weighted by Gasteiger charge is -2.30. The van der Waals surface area contributed by atoms with Crippen LogP contribution in [0.15, 0.2) is 24.3 Å². The highest BCUT2D eigenvalue weighted by atomic mass is 35.5. The van der Waals surface area contributed by atoms with Crippen molar-refractivity contribution in [2.45, 2.75) is 44.7 Å². The molecule has 1 aliphatic rings. The van der Waals surface area contributed by atoms with Gasteiger partial charge in [0.2, 0.25) is 0 Å². The molecule has 1 aliphatic carbocycles. The van der Waals surface area contributed by atoms with E-state index in [1.165, 1.54) is 0 Å². The van der Waals surface area contributed by atoms with Gasteiger partial charge in [-0.15, -0.1) is 0 Å². The summed E-state index contributed by atoms with van der Waals surface area (Å²) >= 11 is 6.18. The van der Waals surface area contributed by atoms with Gasteiger partial charge in [0.15, 0.2) is 0 Å². The number of hydrogen-bond acceptors (Lipinski definition) is 2. The minimum absolute atomic E-state index is 0.159. The molecule has 2 rings (SSSR count). The van der Waals surface area contributed by atoms with Crippen molar-refractivity contribution in [1.29, 1.82) is 0 Å². The van der Waals surface area contributed by atoms with Crippen molar-refractivity contribution in [2.24, 2.45) is 5.92 Å². The highest BCUT2D eigenvalue weighted by Gasteiger charge is 2.26. The number of carboxylic acids is 1. The summed E-state index contributed by atoms with van der Waals surface area (Å²) in [6, 6.07) is 8.43. The van der Waals surface area contributed by atoms with Gasteiger partial charge in [0.25, 0.3) is 0 Å². The third-order valence-electron chi connectivity index (χ3n) is 3.93. The predicted octanol–water partition coefficient (Wildman–Crippen LogP) is 3.63. The van der Waals surface area contributed by atoms with Crippen molar-refractivity contribution in [2.75, 3.05) is 0 Å². The van der Waals surface area contributed by atoms with Crippen molar-refractivity contribution < 1.29 is 9.90 Å². The number of carboxylic acid groups (broad SMARTS) is 1. The summed E-state index contributed by atoms with van der Waals surface area (Å²) < 4.78 is 0. The van der Waals surface area contributed by atoms with E-state index in [4.69, 9.17) is 16.7 Å². The van der Waals surface area contributed by atoms with Crippen molar-refractivity contribution in [3.63, 3.8) is 0 Å². The summed E-state index contributed by atoms with van der Waals surface area (Å²) in [6.07, 6.45) is 3.38. The Morgan fingerprint density at radius 1 is 1.32 bits per heavy atom. The van der Waals surface area contributed by atoms with E-state index >= 15 is 0 Å². The van der Waals surface area contributed by atoms with Crippen LogP contribution in [0, 0.1) is 5.92 Å². The van der Waals surface area contributed by atoms with E-state index in [1.54, 1.807) is 0 Å². The first kappa shape index (κ1) is 14.4. The molecular formula is C15H20ClNO2. The third-order valence-corrected chi connectivity index (χ3v) is 4.28. The number of nitrogens with one attached hydrogen (secondary N) is 1. The molecule has 4 heteroatoms. The van der Waals surface area contributed by atoms with Crippen LogP contribution in [0.5, 0.6) is 0 Å². The van der Waals surface area contributed by atoms with Crippen molar-refractivity contribution >= 4 is 17.6 Å². The van der Waals surface area contributed by atoms with Crippen LogP contribution in [0.4, 0.5) is 0 Å².